The van der Waals surface area contributed by atoms with Crippen LogP contribution in [0.2, 0.25) is 0 Å². The van der Waals surface area contributed by atoms with Gasteiger partial charge in [0.05, 0.1) is 11.3 Å². The van der Waals surface area contributed by atoms with Gasteiger partial charge in [0, 0.05) is 13.2 Å². The van der Waals surface area contributed by atoms with Gasteiger partial charge in [0.15, 0.2) is 0 Å². The van der Waals surface area contributed by atoms with E-state index in [0.717, 1.165) is 12.1 Å². The molecular formula is C7H12N4O. The summed E-state index contributed by atoms with van der Waals surface area (Å²) < 4.78 is 1.60. The van der Waals surface area contributed by atoms with Crippen LogP contribution < -0.4 is 11.3 Å². The van der Waals surface area contributed by atoms with Gasteiger partial charge in [-0.25, -0.2) is 5.84 Å². The van der Waals surface area contributed by atoms with Crippen molar-refractivity contribution >= 4 is 5.91 Å². The van der Waals surface area contributed by atoms with Gasteiger partial charge in [0.2, 0.25) is 0 Å². The Morgan fingerprint density at radius 2 is 2.50 bits per heavy atom. The molecule has 0 bridgehead atoms. The van der Waals surface area contributed by atoms with Crippen LogP contribution in [0, 0.1) is 0 Å². The van der Waals surface area contributed by atoms with Gasteiger partial charge in [-0.2, -0.15) is 5.10 Å². The lowest BCUT2D eigenvalue weighted by atomic mass is 10.2. The van der Waals surface area contributed by atoms with Crippen molar-refractivity contribution in [1.29, 1.82) is 0 Å². The summed E-state index contributed by atoms with van der Waals surface area (Å²) in [5.74, 6) is 4.71. The van der Waals surface area contributed by atoms with E-state index in [1.165, 1.54) is 0 Å². The van der Waals surface area contributed by atoms with E-state index in [-0.39, 0.29) is 5.91 Å². The number of carbonyl (C=O) groups is 1. The highest BCUT2D eigenvalue weighted by Crippen LogP contribution is 2.05. The Labute approximate surface area is 70.5 Å². The number of aryl methyl sites for hydroxylation is 2. The summed E-state index contributed by atoms with van der Waals surface area (Å²) in [5, 5.41) is 4.10. The number of nitrogens with zero attached hydrogens (tertiary/aromatic N) is 2. The minimum Gasteiger partial charge on any atom is -0.290 e. The van der Waals surface area contributed by atoms with Crippen molar-refractivity contribution in [3.05, 3.63) is 17.5 Å². The minimum absolute atomic E-state index is 0.292. The predicted octanol–water partition coefficient (Wildman–Crippen LogP) is -0.414. The largest absolute Gasteiger partial charge is 0.290 e. The fourth-order valence-corrected chi connectivity index (χ4v) is 1.06. The molecule has 1 rings (SSSR count). The van der Waals surface area contributed by atoms with Crippen molar-refractivity contribution in [2.24, 2.45) is 12.9 Å². The van der Waals surface area contributed by atoms with Crippen molar-refractivity contribution in [1.82, 2.24) is 15.2 Å². The lowest BCUT2D eigenvalue weighted by Gasteiger charge is -1.95. The third kappa shape index (κ3) is 1.45. The van der Waals surface area contributed by atoms with E-state index >= 15 is 0 Å². The molecular weight excluding hydrogens is 156 g/mol. The summed E-state index contributed by atoms with van der Waals surface area (Å²) in [6.45, 7) is 1.94. The molecule has 0 unspecified atom stereocenters. The summed E-state index contributed by atoms with van der Waals surface area (Å²) in [6.07, 6.45) is 2.38. The second-order valence-electron chi connectivity index (χ2n) is 2.49. The Balaban J connectivity index is 3.04. The number of hydrogen-bond donors (Lipinski definition) is 2. The van der Waals surface area contributed by atoms with E-state index in [0.29, 0.717) is 5.56 Å². The number of hydrazine groups is 1. The van der Waals surface area contributed by atoms with Crippen LogP contribution in [0.25, 0.3) is 0 Å². The molecule has 0 fully saturated rings. The van der Waals surface area contributed by atoms with E-state index in [1.54, 1.807) is 17.9 Å². The molecule has 0 aliphatic heterocycles. The molecule has 0 saturated carbocycles. The first-order valence-electron chi connectivity index (χ1n) is 3.72. The number of amides is 1. The Bertz CT molecular complexity index is 292. The normalized spacial score (nSPS) is 9.92. The maximum absolute atomic E-state index is 11.1. The zero-order valence-corrected chi connectivity index (χ0v) is 7.16. The Morgan fingerprint density at radius 3 is 3.00 bits per heavy atom. The minimum atomic E-state index is -0.292. The van der Waals surface area contributed by atoms with E-state index in [4.69, 9.17) is 5.84 Å². The summed E-state index contributed by atoms with van der Waals surface area (Å²) in [4.78, 5) is 11.1. The van der Waals surface area contributed by atoms with E-state index in [9.17, 15) is 4.79 Å². The molecule has 12 heavy (non-hydrogen) atoms. The van der Waals surface area contributed by atoms with Gasteiger partial charge in [0.1, 0.15) is 0 Å². The van der Waals surface area contributed by atoms with Crippen LogP contribution in [-0.4, -0.2) is 15.7 Å². The molecule has 1 amide bonds. The Hall–Kier alpha value is -1.36. The van der Waals surface area contributed by atoms with Crippen LogP contribution in [0.4, 0.5) is 0 Å². The number of hydrogen-bond acceptors (Lipinski definition) is 3. The molecule has 66 valence electrons. The van der Waals surface area contributed by atoms with E-state index in [2.05, 4.69) is 10.5 Å². The van der Waals surface area contributed by atoms with Crippen molar-refractivity contribution < 1.29 is 4.79 Å². The number of nitrogens with two attached hydrogens (primary N) is 1. The molecule has 5 nitrogen and oxygen atoms in total. The first-order valence-corrected chi connectivity index (χ1v) is 3.72. The topological polar surface area (TPSA) is 72.9 Å². The highest BCUT2D eigenvalue weighted by molar-refractivity contribution is 5.94. The molecule has 1 aromatic rings. The zero-order valence-electron chi connectivity index (χ0n) is 7.16. The highest BCUT2D eigenvalue weighted by atomic mass is 16.2. The average Bonchev–Trinajstić information content (AvgIpc) is 2.45. The van der Waals surface area contributed by atoms with Crippen LogP contribution in [0.5, 0.6) is 0 Å². The Kier molecular flexibility index (Phi) is 2.44. The molecule has 5 heteroatoms. The van der Waals surface area contributed by atoms with Crippen molar-refractivity contribution in [2.45, 2.75) is 13.3 Å². The number of carbonyl (C=O) groups excluding carboxylic acids is 1. The standard InChI is InChI=1S/C7H12N4O/c1-3-6-5(7(12)9-8)4-11(2)10-6/h4H,3,8H2,1-2H3,(H,9,12). The van der Waals surface area contributed by atoms with Crippen LogP contribution in [0.1, 0.15) is 23.0 Å². The number of nitrogen functional groups attached to an aromatic ring is 1. The summed E-state index contributed by atoms with van der Waals surface area (Å²) in [5.41, 5.74) is 3.39. The second kappa shape index (κ2) is 3.36. The second-order valence-corrected chi connectivity index (χ2v) is 2.49. The van der Waals surface area contributed by atoms with Gasteiger partial charge in [-0.05, 0) is 6.42 Å². The van der Waals surface area contributed by atoms with Gasteiger partial charge >= 0.3 is 0 Å². The van der Waals surface area contributed by atoms with Crippen LogP contribution >= 0.6 is 0 Å². The number of rotatable bonds is 2. The molecule has 0 spiro atoms. The lowest BCUT2D eigenvalue weighted by Crippen LogP contribution is -2.30. The van der Waals surface area contributed by atoms with Crippen LogP contribution in [0.15, 0.2) is 6.20 Å². The fourth-order valence-electron chi connectivity index (χ4n) is 1.06. The van der Waals surface area contributed by atoms with E-state index in [1.807, 2.05) is 6.92 Å². The monoisotopic (exact) mass is 168 g/mol. The van der Waals surface area contributed by atoms with Gasteiger partial charge in [-0.1, -0.05) is 6.92 Å². The maximum atomic E-state index is 11.1. The third-order valence-electron chi connectivity index (χ3n) is 1.62. The molecule has 0 saturated heterocycles. The lowest BCUT2D eigenvalue weighted by molar-refractivity contribution is 0.0952. The van der Waals surface area contributed by atoms with Crippen molar-refractivity contribution in [3.63, 3.8) is 0 Å². The molecule has 0 radical (unpaired) electrons. The van der Waals surface area contributed by atoms with Gasteiger partial charge in [0.25, 0.3) is 5.91 Å². The van der Waals surface area contributed by atoms with Crippen molar-refractivity contribution in [2.75, 3.05) is 0 Å². The van der Waals surface area contributed by atoms with Gasteiger partial charge in [-0.15, -0.1) is 0 Å². The average molecular weight is 168 g/mol. The zero-order chi connectivity index (χ0) is 9.14. The summed E-state index contributed by atoms with van der Waals surface area (Å²) >= 11 is 0. The molecule has 1 aromatic heterocycles. The molecule has 0 aliphatic rings. The Morgan fingerprint density at radius 1 is 1.83 bits per heavy atom. The first-order chi connectivity index (χ1) is 5.69. The predicted molar refractivity (Wildman–Crippen MR) is 44.2 cm³/mol. The van der Waals surface area contributed by atoms with Gasteiger partial charge < -0.3 is 0 Å². The van der Waals surface area contributed by atoms with E-state index < -0.39 is 0 Å². The molecule has 1 heterocycles. The molecule has 3 N–H and O–H groups in total. The van der Waals surface area contributed by atoms with Crippen molar-refractivity contribution in [3.8, 4) is 0 Å². The smallest absolute Gasteiger partial charge is 0.268 e. The van der Waals surface area contributed by atoms with Crippen LogP contribution in [-0.2, 0) is 13.5 Å². The van der Waals surface area contributed by atoms with Crippen LogP contribution in [0.3, 0.4) is 0 Å². The SMILES string of the molecule is CCc1nn(C)cc1C(=O)NN. The molecule has 0 aliphatic carbocycles. The molecule has 0 aromatic carbocycles. The molecule has 0 atom stereocenters. The fraction of sp³-hybridized carbons (Fsp3) is 0.429. The summed E-state index contributed by atoms with van der Waals surface area (Å²) in [7, 11) is 1.77. The van der Waals surface area contributed by atoms with Gasteiger partial charge in [-0.3, -0.25) is 14.9 Å². The summed E-state index contributed by atoms with van der Waals surface area (Å²) in [6, 6.07) is 0. The number of nitrogens with one attached hydrogen (secondary N) is 1. The third-order valence-corrected chi connectivity index (χ3v) is 1.62. The first kappa shape index (κ1) is 8.73. The number of aromatic nitrogens is 2. The maximum Gasteiger partial charge on any atom is 0.268 e. The quantitative estimate of drug-likeness (QED) is 0.358. The highest BCUT2D eigenvalue weighted by Gasteiger charge is 2.12.